The molecule has 0 aliphatic carbocycles. The molecule has 1 N–H and O–H groups in total. The van der Waals surface area contributed by atoms with Gasteiger partial charge in [-0.3, -0.25) is 0 Å². The van der Waals surface area contributed by atoms with Gasteiger partial charge in [-0.25, -0.2) is 8.42 Å². The summed E-state index contributed by atoms with van der Waals surface area (Å²) < 4.78 is 26.7. The molecule has 1 aliphatic heterocycles. The Kier molecular flexibility index (Phi) is 5.96. The van der Waals surface area contributed by atoms with Crippen LogP contribution in [0.5, 0.6) is 0 Å². The predicted octanol–water partition coefficient (Wildman–Crippen LogP) is 1.27. The van der Waals surface area contributed by atoms with Crippen molar-refractivity contribution in [2.24, 2.45) is 0 Å². The topological polar surface area (TPSA) is 73.2 Å². The second-order valence-corrected chi connectivity index (χ2v) is 6.51. The fraction of sp³-hybridized carbons (Fsp3) is 0.462. The molecule has 1 heterocycles. The Hall–Kier alpha value is -1.13. The van der Waals surface area contributed by atoms with Crippen molar-refractivity contribution < 1.29 is 8.42 Å². The first-order valence-electron chi connectivity index (χ1n) is 6.27. The molecule has 1 aromatic carbocycles. The van der Waals surface area contributed by atoms with E-state index in [9.17, 15) is 8.42 Å². The van der Waals surface area contributed by atoms with Crippen molar-refractivity contribution >= 4 is 22.4 Å². The zero-order chi connectivity index (χ0) is 13.9. The number of hydrogen-bond donors (Lipinski definition) is 1. The standard InChI is InChI=1S/C13H17N3O2S.ClH/c1-11-3-4-12(10-14)9-13(11)19(17,18)16-7-2-5-15-6-8-16;/h3-4,9,15H,2,5-8H2,1H3;1H. The Morgan fingerprint density at radius 1 is 1.30 bits per heavy atom. The Morgan fingerprint density at radius 3 is 2.75 bits per heavy atom. The Bertz CT molecular complexity index is 603. The zero-order valence-electron chi connectivity index (χ0n) is 11.3. The van der Waals surface area contributed by atoms with Crippen LogP contribution in [-0.2, 0) is 10.0 Å². The summed E-state index contributed by atoms with van der Waals surface area (Å²) in [6.07, 6.45) is 0.802. The van der Waals surface area contributed by atoms with E-state index in [1.54, 1.807) is 19.1 Å². The van der Waals surface area contributed by atoms with Gasteiger partial charge in [0.2, 0.25) is 10.0 Å². The lowest BCUT2D eigenvalue weighted by molar-refractivity contribution is 0.431. The highest BCUT2D eigenvalue weighted by atomic mass is 35.5. The predicted molar refractivity (Wildman–Crippen MR) is 79.4 cm³/mol. The van der Waals surface area contributed by atoms with Gasteiger partial charge < -0.3 is 5.32 Å². The van der Waals surface area contributed by atoms with Crippen LogP contribution in [0.4, 0.5) is 0 Å². The number of benzene rings is 1. The van der Waals surface area contributed by atoms with Gasteiger partial charge in [0.1, 0.15) is 0 Å². The lowest BCUT2D eigenvalue weighted by Crippen LogP contribution is -2.34. The summed E-state index contributed by atoms with van der Waals surface area (Å²) in [6, 6.07) is 6.77. The van der Waals surface area contributed by atoms with Crippen molar-refractivity contribution in [1.29, 1.82) is 5.26 Å². The van der Waals surface area contributed by atoms with Crippen LogP contribution in [0.3, 0.4) is 0 Å². The summed E-state index contributed by atoms with van der Waals surface area (Å²) in [7, 11) is -3.51. The monoisotopic (exact) mass is 315 g/mol. The van der Waals surface area contributed by atoms with Crippen LogP contribution < -0.4 is 5.32 Å². The third kappa shape index (κ3) is 3.49. The number of sulfonamides is 1. The minimum Gasteiger partial charge on any atom is -0.315 e. The third-order valence-corrected chi connectivity index (χ3v) is 5.27. The summed E-state index contributed by atoms with van der Waals surface area (Å²) >= 11 is 0. The summed E-state index contributed by atoms with van der Waals surface area (Å²) in [5.41, 5.74) is 1.05. The van der Waals surface area contributed by atoms with Gasteiger partial charge in [-0.15, -0.1) is 12.4 Å². The van der Waals surface area contributed by atoms with Crippen LogP contribution in [0.2, 0.25) is 0 Å². The van der Waals surface area contributed by atoms with Crippen molar-refractivity contribution in [3.63, 3.8) is 0 Å². The van der Waals surface area contributed by atoms with Crippen LogP contribution in [0.1, 0.15) is 17.5 Å². The second-order valence-electron chi connectivity index (χ2n) is 4.60. The highest BCUT2D eigenvalue weighted by molar-refractivity contribution is 7.89. The van der Waals surface area contributed by atoms with Gasteiger partial charge in [-0.2, -0.15) is 9.57 Å². The maximum absolute atomic E-state index is 12.6. The summed E-state index contributed by atoms with van der Waals surface area (Å²) in [4.78, 5) is 0.244. The molecule has 7 heteroatoms. The third-order valence-electron chi connectivity index (χ3n) is 3.23. The average molecular weight is 316 g/mol. The second kappa shape index (κ2) is 7.04. The first-order chi connectivity index (χ1) is 9.05. The molecule has 0 aromatic heterocycles. The average Bonchev–Trinajstić information content (AvgIpc) is 2.68. The van der Waals surface area contributed by atoms with Crippen LogP contribution in [-0.4, -0.2) is 38.9 Å². The van der Waals surface area contributed by atoms with E-state index in [1.165, 1.54) is 10.4 Å². The van der Waals surface area contributed by atoms with Crippen LogP contribution in [0.25, 0.3) is 0 Å². The van der Waals surface area contributed by atoms with Crippen LogP contribution >= 0.6 is 12.4 Å². The molecule has 110 valence electrons. The molecular weight excluding hydrogens is 298 g/mol. The van der Waals surface area contributed by atoms with E-state index in [0.29, 0.717) is 30.8 Å². The molecule has 0 saturated carbocycles. The molecule has 0 bridgehead atoms. The molecule has 5 nitrogen and oxygen atoms in total. The minimum absolute atomic E-state index is 0. The van der Waals surface area contributed by atoms with Gasteiger partial charge in [0.15, 0.2) is 0 Å². The normalized spacial score (nSPS) is 16.8. The van der Waals surface area contributed by atoms with Crippen LogP contribution in [0.15, 0.2) is 23.1 Å². The first-order valence-corrected chi connectivity index (χ1v) is 7.71. The van der Waals surface area contributed by atoms with Crippen molar-refractivity contribution in [2.75, 3.05) is 26.2 Å². The molecule has 1 fully saturated rings. The lowest BCUT2D eigenvalue weighted by Gasteiger charge is -2.20. The molecule has 0 spiro atoms. The zero-order valence-corrected chi connectivity index (χ0v) is 12.9. The molecule has 1 aromatic rings. The van der Waals surface area contributed by atoms with Gasteiger partial charge in [0.05, 0.1) is 16.5 Å². The number of nitriles is 1. The highest BCUT2D eigenvalue weighted by Gasteiger charge is 2.26. The molecule has 1 saturated heterocycles. The Labute approximate surface area is 126 Å². The van der Waals surface area contributed by atoms with Gasteiger partial charge in [-0.1, -0.05) is 6.07 Å². The molecule has 1 aliphatic rings. The molecule has 0 unspecified atom stereocenters. The summed E-state index contributed by atoms with van der Waals surface area (Å²) in [6.45, 7) is 4.24. The van der Waals surface area contributed by atoms with Gasteiger partial charge >= 0.3 is 0 Å². The molecule has 20 heavy (non-hydrogen) atoms. The maximum atomic E-state index is 12.6. The fourth-order valence-electron chi connectivity index (χ4n) is 2.15. The van der Waals surface area contributed by atoms with Gasteiger partial charge in [0, 0.05) is 19.6 Å². The van der Waals surface area contributed by atoms with Crippen LogP contribution in [0, 0.1) is 18.3 Å². The minimum atomic E-state index is -3.51. The number of rotatable bonds is 2. The number of nitrogens with one attached hydrogen (secondary N) is 1. The molecule has 0 amide bonds. The Balaban J connectivity index is 0.00000200. The Morgan fingerprint density at radius 2 is 2.05 bits per heavy atom. The van der Waals surface area contributed by atoms with E-state index in [2.05, 4.69) is 5.32 Å². The molecular formula is C13H18ClN3O2S. The number of halogens is 1. The van der Waals surface area contributed by atoms with Crippen molar-refractivity contribution in [3.8, 4) is 6.07 Å². The maximum Gasteiger partial charge on any atom is 0.243 e. The van der Waals surface area contributed by atoms with E-state index in [-0.39, 0.29) is 17.3 Å². The van der Waals surface area contributed by atoms with E-state index in [0.717, 1.165) is 13.0 Å². The summed E-state index contributed by atoms with van der Waals surface area (Å²) in [5, 5.41) is 12.1. The largest absolute Gasteiger partial charge is 0.315 e. The quantitative estimate of drug-likeness (QED) is 0.892. The first kappa shape index (κ1) is 16.9. The molecule has 2 rings (SSSR count). The molecule has 0 atom stereocenters. The van der Waals surface area contributed by atoms with Gasteiger partial charge in [0.25, 0.3) is 0 Å². The number of aryl methyl sites for hydroxylation is 1. The van der Waals surface area contributed by atoms with E-state index < -0.39 is 10.0 Å². The van der Waals surface area contributed by atoms with E-state index >= 15 is 0 Å². The smallest absolute Gasteiger partial charge is 0.243 e. The van der Waals surface area contributed by atoms with Crippen molar-refractivity contribution in [3.05, 3.63) is 29.3 Å². The SMILES string of the molecule is Cc1ccc(C#N)cc1S(=O)(=O)N1CCCNCC1.Cl. The van der Waals surface area contributed by atoms with E-state index in [1.807, 2.05) is 6.07 Å². The number of nitrogens with zero attached hydrogens (tertiary/aromatic N) is 2. The molecule has 0 radical (unpaired) electrons. The van der Waals surface area contributed by atoms with Crippen molar-refractivity contribution in [1.82, 2.24) is 9.62 Å². The number of hydrogen-bond acceptors (Lipinski definition) is 4. The van der Waals surface area contributed by atoms with Crippen molar-refractivity contribution in [2.45, 2.75) is 18.2 Å². The lowest BCUT2D eigenvalue weighted by atomic mass is 10.2. The fourth-order valence-corrected chi connectivity index (χ4v) is 3.88. The van der Waals surface area contributed by atoms with Gasteiger partial charge in [-0.05, 0) is 37.6 Å². The summed E-state index contributed by atoms with van der Waals surface area (Å²) in [5.74, 6) is 0. The highest BCUT2D eigenvalue weighted by Crippen LogP contribution is 2.21. The van der Waals surface area contributed by atoms with E-state index in [4.69, 9.17) is 5.26 Å².